The summed E-state index contributed by atoms with van der Waals surface area (Å²) in [6, 6.07) is 8.42. The number of nitrogens with one attached hydrogen (secondary N) is 2. The van der Waals surface area contributed by atoms with E-state index in [1.165, 1.54) is 24.0 Å². The number of fused-ring (bicyclic) bond motifs is 1. The molecule has 102 valence electrons. The zero-order valence-corrected chi connectivity index (χ0v) is 11.3. The van der Waals surface area contributed by atoms with Crippen molar-refractivity contribution in [2.45, 2.75) is 25.7 Å². The van der Waals surface area contributed by atoms with Crippen LogP contribution in [0.5, 0.6) is 0 Å². The van der Waals surface area contributed by atoms with Gasteiger partial charge in [-0.1, -0.05) is 24.3 Å². The number of piperidine rings is 1. The summed E-state index contributed by atoms with van der Waals surface area (Å²) in [7, 11) is 0. The molecule has 3 rings (SSSR count). The number of carbonyl (C=O) groups is 1. The van der Waals surface area contributed by atoms with Crippen LogP contribution in [0.1, 0.15) is 24.0 Å². The molecule has 1 heterocycles. The molecular formula is C16H22N2O. The molecule has 2 aliphatic rings. The van der Waals surface area contributed by atoms with E-state index in [4.69, 9.17) is 0 Å². The van der Waals surface area contributed by atoms with Crippen molar-refractivity contribution in [1.29, 1.82) is 0 Å². The maximum Gasteiger partial charge on any atom is 0.223 e. The third-order valence-corrected chi connectivity index (χ3v) is 4.45. The van der Waals surface area contributed by atoms with E-state index in [1.807, 2.05) is 0 Å². The normalized spacial score (nSPS) is 20.2. The van der Waals surface area contributed by atoms with E-state index >= 15 is 0 Å². The topological polar surface area (TPSA) is 41.1 Å². The Morgan fingerprint density at radius 2 is 1.79 bits per heavy atom. The maximum atomic E-state index is 12.2. The lowest BCUT2D eigenvalue weighted by atomic mass is 9.97. The lowest BCUT2D eigenvalue weighted by Gasteiger charge is -2.23. The zero-order chi connectivity index (χ0) is 13.1. The van der Waals surface area contributed by atoms with Crippen molar-refractivity contribution in [1.82, 2.24) is 10.6 Å². The summed E-state index contributed by atoms with van der Waals surface area (Å²) in [5, 5.41) is 6.52. The molecule has 0 radical (unpaired) electrons. The van der Waals surface area contributed by atoms with Crippen molar-refractivity contribution in [2.24, 2.45) is 11.8 Å². The van der Waals surface area contributed by atoms with Gasteiger partial charge < -0.3 is 10.6 Å². The summed E-state index contributed by atoms with van der Waals surface area (Å²) in [6.45, 7) is 3.04. The Labute approximate surface area is 114 Å². The smallest absolute Gasteiger partial charge is 0.223 e. The van der Waals surface area contributed by atoms with Crippen LogP contribution in [-0.4, -0.2) is 25.5 Å². The number of amides is 1. The van der Waals surface area contributed by atoms with Gasteiger partial charge in [0.05, 0.1) is 0 Å². The first kappa shape index (κ1) is 12.7. The first-order valence-electron chi connectivity index (χ1n) is 7.38. The molecule has 1 aliphatic carbocycles. The van der Waals surface area contributed by atoms with Crippen LogP contribution in [-0.2, 0) is 17.6 Å². The zero-order valence-electron chi connectivity index (χ0n) is 11.3. The van der Waals surface area contributed by atoms with Crippen molar-refractivity contribution in [3.05, 3.63) is 35.4 Å². The van der Waals surface area contributed by atoms with E-state index in [2.05, 4.69) is 34.9 Å². The molecule has 0 saturated carbocycles. The molecule has 3 heteroatoms. The highest BCUT2D eigenvalue weighted by molar-refractivity contribution is 5.80. The van der Waals surface area contributed by atoms with E-state index in [-0.39, 0.29) is 11.8 Å². The molecule has 19 heavy (non-hydrogen) atoms. The van der Waals surface area contributed by atoms with Gasteiger partial charge in [-0.2, -0.15) is 0 Å². The highest BCUT2D eigenvalue weighted by atomic mass is 16.1. The Bertz CT molecular complexity index is 427. The van der Waals surface area contributed by atoms with Crippen LogP contribution in [0, 0.1) is 11.8 Å². The van der Waals surface area contributed by atoms with Crippen molar-refractivity contribution in [3.8, 4) is 0 Å². The van der Waals surface area contributed by atoms with Crippen molar-refractivity contribution in [2.75, 3.05) is 19.6 Å². The molecule has 0 spiro atoms. The van der Waals surface area contributed by atoms with E-state index in [0.29, 0.717) is 5.92 Å². The predicted octanol–water partition coefficient (Wildman–Crippen LogP) is 1.52. The summed E-state index contributed by atoms with van der Waals surface area (Å²) in [5.41, 5.74) is 2.70. The summed E-state index contributed by atoms with van der Waals surface area (Å²) < 4.78 is 0. The molecule has 0 unspecified atom stereocenters. The Hall–Kier alpha value is -1.35. The lowest BCUT2D eigenvalue weighted by molar-refractivity contribution is -0.124. The number of hydrogen-bond donors (Lipinski definition) is 2. The van der Waals surface area contributed by atoms with Crippen LogP contribution >= 0.6 is 0 Å². The molecule has 0 bridgehead atoms. The lowest BCUT2D eigenvalue weighted by Crippen LogP contribution is -2.38. The molecule has 1 amide bonds. The van der Waals surface area contributed by atoms with E-state index in [1.54, 1.807) is 0 Å². The highest BCUT2D eigenvalue weighted by Crippen LogP contribution is 2.26. The highest BCUT2D eigenvalue weighted by Gasteiger charge is 2.27. The number of rotatable bonds is 3. The first-order valence-corrected chi connectivity index (χ1v) is 7.38. The Kier molecular flexibility index (Phi) is 3.83. The Morgan fingerprint density at radius 1 is 1.16 bits per heavy atom. The molecule has 1 aromatic rings. The minimum Gasteiger partial charge on any atom is -0.356 e. The Balaban J connectivity index is 1.49. The van der Waals surface area contributed by atoms with Gasteiger partial charge in [-0.05, 0) is 55.8 Å². The molecular weight excluding hydrogens is 236 g/mol. The molecule has 0 aromatic heterocycles. The monoisotopic (exact) mass is 258 g/mol. The molecule has 1 fully saturated rings. The fraction of sp³-hybridized carbons (Fsp3) is 0.562. The first-order chi connectivity index (χ1) is 9.33. The van der Waals surface area contributed by atoms with E-state index < -0.39 is 0 Å². The van der Waals surface area contributed by atoms with Gasteiger partial charge in [0, 0.05) is 12.5 Å². The molecule has 1 saturated heterocycles. The third-order valence-electron chi connectivity index (χ3n) is 4.45. The van der Waals surface area contributed by atoms with Crippen molar-refractivity contribution in [3.63, 3.8) is 0 Å². The largest absolute Gasteiger partial charge is 0.356 e. The van der Waals surface area contributed by atoms with Gasteiger partial charge in [-0.25, -0.2) is 0 Å². The second-order valence-corrected chi connectivity index (χ2v) is 5.81. The van der Waals surface area contributed by atoms with Crippen molar-refractivity contribution >= 4 is 5.91 Å². The summed E-state index contributed by atoms with van der Waals surface area (Å²) in [4.78, 5) is 12.2. The third kappa shape index (κ3) is 2.98. The van der Waals surface area contributed by atoms with Gasteiger partial charge in [-0.15, -0.1) is 0 Å². The second kappa shape index (κ2) is 5.74. The van der Waals surface area contributed by atoms with Gasteiger partial charge >= 0.3 is 0 Å². The fourth-order valence-electron chi connectivity index (χ4n) is 3.22. The molecule has 0 atom stereocenters. The number of hydrogen-bond acceptors (Lipinski definition) is 2. The van der Waals surface area contributed by atoms with Crippen LogP contribution in [0.25, 0.3) is 0 Å². The SMILES string of the molecule is O=C(NCC1CCNCC1)C1Cc2ccccc2C1. The number of benzene rings is 1. The molecule has 1 aromatic carbocycles. The van der Waals surface area contributed by atoms with Crippen molar-refractivity contribution < 1.29 is 4.79 Å². The molecule has 3 nitrogen and oxygen atoms in total. The van der Waals surface area contributed by atoms with Crippen LogP contribution in [0.2, 0.25) is 0 Å². The van der Waals surface area contributed by atoms with Crippen LogP contribution < -0.4 is 10.6 Å². The molecule has 1 aliphatic heterocycles. The average Bonchev–Trinajstić information content (AvgIpc) is 2.90. The summed E-state index contributed by atoms with van der Waals surface area (Å²) in [5.74, 6) is 1.06. The van der Waals surface area contributed by atoms with Gasteiger partial charge in [0.2, 0.25) is 5.91 Å². The quantitative estimate of drug-likeness (QED) is 0.863. The fourth-order valence-corrected chi connectivity index (χ4v) is 3.22. The minimum absolute atomic E-state index is 0.152. The average molecular weight is 258 g/mol. The number of carbonyl (C=O) groups excluding carboxylic acids is 1. The van der Waals surface area contributed by atoms with E-state index in [9.17, 15) is 4.79 Å². The van der Waals surface area contributed by atoms with Crippen LogP contribution in [0.3, 0.4) is 0 Å². The van der Waals surface area contributed by atoms with Gasteiger partial charge in [-0.3, -0.25) is 4.79 Å². The van der Waals surface area contributed by atoms with Gasteiger partial charge in [0.1, 0.15) is 0 Å². The van der Waals surface area contributed by atoms with Gasteiger partial charge in [0.25, 0.3) is 0 Å². The van der Waals surface area contributed by atoms with E-state index in [0.717, 1.165) is 32.5 Å². The Morgan fingerprint density at radius 3 is 2.42 bits per heavy atom. The molecule has 2 N–H and O–H groups in total. The summed E-state index contributed by atoms with van der Waals surface area (Å²) in [6.07, 6.45) is 4.19. The van der Waals surface area contributed by atoms with Crippen LogP contribution in [0.15, 0.2) is 24.3 Å². The standard InChI is InChI=1S/C16H22N2O/c19-16(18-11-12-5-7-17-8-6-12)15-9-13-3-1-2-4-14(13)10-15/h1-4,12,15,17H,5-11H2,(H,18,19). The van der Waals surface area contributed by atoms with Crippen LogP contribution in [0.4, 0.5) is 0 Å². The summed E-state index contributed by atoms with van der Waals surface area (Å²) >= 11 is 0. The van der Waals surface area contributed by atoms with Gasteiger partial charge in [0.15, 0.2) is 0 Å². The predicted molar refractivity (Wildman–Crippen MR) is 75.9 cm³/mol. The minimum atomic E-state index is 0.152. The maximum absolute atomic E-state index is 12.2. The second-order valence-electron chi connectivity index (χ2n) is 5.81.